The Hall–Kier alpha value is -1.15. The number of ether oxygens (including phenoxy) is 2. The number of benzene rings is 1. The van der Waals surface area contributed by atoms with Gasteiger partial charge in [-0.25, -0.2) is 0 Å². The van der Waals surface area contributed by atoms with Gasteiger partial charge in [-0.3, -0.25) is 4.79 Å². The number of aldehydes is 1. The molecule has 0 heterocycles. The minimum atomic E-state index is 0. The second kappa shape index (κ2) is 12.9. The molecule has 0 radical (unpaired) electrons. The summed E-state index contributed by atoms with van der Waals surface area (Å²) in [5, 5.41) is 0. The van der Waals surface area contributed by atoms with E-state index in [0.29, 0.717) is 6.42 Å². The Balaban J connectivity index is 0. The van der Waals surface area contributed by atoms with Gasteiger partial charge in [0.25, 0.3) is 0 Å². The van der Waals surface area contributed by atoms with E-state index in [4.69, 9.17) is 9.47 Å². The number of carbonyl (C=O) groups excluding carboxylic acids is 1. The van der Waals surface area contributed by atoms with Crippen LogP contribution in [0.5, 0.6) is 11.5 Å². The van der Waals surface area contributed by atoms with Crippen molar-refractivity contribution in [3.63, 3.8) is 0 Å². The van der Waals surface area contributed by atoms with E-state index in [1.54, 1.807) is 38.5 Å². The summed E-state index contributed by atoms with van der Waals surface area (Å²) >= 11 is 0. The van der Waals surface area contributed by atoms with Crippen molar-refractivity contribution in [2.24, 2.45) is 0 Å². The summed E-state index contributed by atoms with van der Waals surface area (Å²) in [4.78, 5) is 9.45. The third-order valence-electron chi connectivity index (χ3n) is 1.59. The van der Waals surface area contributed by atoms with Gasteiger partial charge in [-0.15, -0.1) is 18.2 Å². The molecular formula is C13H16O3Zn. The van der Waals surface area contributed by atoms with E-state index >= 15 is 0 Å². The zero-order valence-corrected chi connectivity index (χ0v) is 13.3. The molecule has 0 spiro atoms. The molecule has 88 valence electrons. The average molecular weight is 286 g/mol. The van der Waals surface area contributed by atoms with Crippen LogP contribution < -0.4 is 9.47 Å². The fourth-order valence-corrected chi connectivity index (χ4v) is 0.817. The van der Waals surface area contributed by atoms with Gasteiger partial charge in [0.2, 0.25) is 0 Å². The molecule has 0 amide bonds. The Kier molecular flexibility index (Phi) is 13.9. The monoisotopic (exact) mass is 284 g/mol. The van der Waals surface area contributed by atoms with Crippen molar-refractivity contribution in [1.29, 1.82) is 0 Å². The van der Waals surface area contributed by atoms with E-state index in [9.17, 15) is 4.79 Å². The molecule has 3 nitrogen and oxygen atoms in total. The molecule has 0 aliphatic carbocycles. The first-order valence-corrected chi connectivity index (χ1v) is 4.77. The SMILES string of the molecule is COc1c[c-]cc(OC)c1.[CH2-]C/C=C/C=O.[Zn+2]. The van der Waals surface area contributed by atoms with Crippen LogP contribution in [0.4, 0.5) is 0 Å². The molecule has 1 rings (SSSR count). The molecule has 17 heavy (non-hydrogen) atoms. The molecule has 0 aliphatic rings. The summed E-state index contributed by atoms with van der Waals surface area (Å²) in [6.07, 6.45) is 4.57. The summed E-state index contributed by atoms with van der Waals surface area (Å²) in [6, 6.07) is 8.19. The zero-order chi connectivity index (χ0) is 12.2. The maximum absolute atomic E-state index is 9.45. The maximum Gasteiger partial charge on any atom is 2.00 e. The van der Waals surface area contributed by atoms with Crippen molar-refractivity contribution in [2.45, 2.75) is 6.42 Å². The van der Waals surface area contributed by atoms with E-state index in [0.717, 1.165) is 17.8 Å². The van der Waals surface area contributed by atoms with Gasteiger partial charge in [0.15, 0.2) is 0 Å². The van der Waals surface area contributed by atoms with Crippen LogP contribution >= 0.6 is 0 Å². The topological polar surface area (TPSA) is 35.5 Å². The standard InChI is InChI=1S/C8H9O2.C5H7O.Zn/c1-9-7-4-3-5-8(6-7)10-2;1-2-3-4-5-6;/h4-6H,1-2H3;3-5H,1-2H2;/q2*-1;+2/b;4-3+;. The fourth-order valence-electron chi connectivity index (χ4n) is 0.817. The van der Waals surface area contributed by atoms with E-state index in [-0.39, 0.29) is 19.5 Å². The number of allylic oxidation sites excluding steroid dienone is 2. The first kappa shape index (κ1) is 18.2. The predicted molar refractivity (Wildman–Crippen MR) is 63.6 cm³/mol. The van der Waals surface area contributed by atoms with Gasteiger partial charge in [-0.05, 0) is 6.08 Å². The van der Waals surface area contributed by atoms with Crippen LogP contribution in [-0.2, 0) is 24.3 Å². The zero-order valence-electron chi connectivity index (χ0n) is 10.3. The van der Waals surface area contributed by atoms with E-state index in [1.165, 1.54) is 6.08 Å². The summed E-state index contributed by atoms with van der Waals surface area (Å²) < 4.78 is 9.89. The van der Waals surface area contributed by atoms with Crippen molar-refractivity contribution in [3.05, 3.63) is 43.3 Å². The largest absolute Gasteiger partial charge is 2.00 e. The van der Waals surface area contributed by atoms with Crippen LogP contribution in [0, 0.1) is 13.0 Å². The first-order valence-electron chi connectivity index (χ1n) is 4.77. The molecule has 1 aromatic rings. The molecule has 4 heteroatoms. The first-order chi connectivity index (χ1) is 7.78. The molecule has 0 saturated carbocycles. The molecule has 1 aromatic carbocycles. The predicted octanol–water partition coefficient (Wildman–Crippen LogP) is 2.47. The van der Waals surface area contributed by atoms with Crippen LogP contribution in [0.15, 0.2) is 30.4 Å². The second-order valence-corrected chi connectivity index (χ2v) is 2.67. The Morgan fingerprint density at radius 2 is 1.82 bits per heavy atom. The minimum absolute atomic E-state index is 0. The van der Waals surface area contributed by atoms with Crippen LogP contribution in [0.2, 0.25) is 0 Å². The fraction of sp³-hybridized carbons (Fsp3) is 0.231. The molecule has 0 unspecified atom stereocenters. The number of methoxy groups -OCH3 is 2. The normalized spacial score (nSPS) is 8.65. The summed E-state index contributed by atoms with van der Waals surface area (Å²) in [5.74, 6) is 1.53. The van der Waals surface area contributed by atoms with Crippen LogP contribution in [0.1, 0.15) is 6.42 Å². The molecule has 0 atom stereocenters. The number of carbonyl (C=O) groups is 1. The van der Waals surface area contributed by atoms with Gasteiger partial charge in [0.1, 0.15) is 6.29 Å². The van der Waals surface area contributed by atoms with Crippen molar-refractivity contribution < 1.29 is 33.7 Å². The molecule has 0 saturated heterocycles. The Bertz CT molecular complexity index is 305. The van der Waals surface area contributed by atoms with Crippen molar-refractivity contribution in [3.8, 4) is 11.5 Å². The van der Waals surface area contributed by atoms with Crippen molar-refractivity contribution in [1.82, 2.24) is 0 Å². The van der Waals surface area contributed by atoms with E-state index in [1.807, 2.05) is 0 Å². The molecule has 0 bridgehead atoms. The van der Waals surface area contributed by atoms with Gasteiger partial charge >= 0.3 is 19.5 Å². The smallest absolute Gasteiger partial charge is 0.554 e. The van der Waals surface area contributed by atoms with Gasteiger partial charge in [-0.2, -0.15) is 12.5 Å². The van der Waals surface area contributed by atoms with Crippen LogP contribution in [0.25, 0.3) is 0 Å². The third-order valence-corrected chi connectivity index (χ3v) is 1.59. The van der Waals surface area contributed by atoms with Crippen molar-refractivity contribution in [2.75, 3.05) is 14.2 Å². The minimum Gasteiger partial charge on any atom is -0.554 e. The average Bonchev–Trinajstić information content (AvgIpc) is 2.37. The summed E-state index contributed by atoms with van der Waals surface area (Å²) in [5.41, 5.74) is 0. The van der Waals surface area contributed by atoms with Crippen LogP contribution in [0.3, 0.4) is 0 Å². The summed E-state index contributed by atoms with van der Waals surface area (Å²) in [7, 11) is 3.23. The number of hydrogen-bond acceptors (Lipinski definition) is 3. The summed E-state index contributed by atoms with van der Waals surface area (Å²) in [6.45, 7) is 3.48. The van der Waals surface area contributed by atoms with Gasteiger partial charge in [-0.1, -0.05) is 6.07 Å². The van der Waals surface area contributed by atoms with E-state index in [2.05, 4.69) is 13.0 Å². The van der Waals surface area contributed by atoms with E-state index < -0.39 is 0 Å². The molecule has 0 aliphatic heterocycles. The van der Waals surface area contributed by atoms with Gasteiger partial charge < -0.3 is 16.4 Å². The van der Waals surface area contributed by atoms with Gasteiger partial charge in [0, 0.05) is 11.5 Å². The van der Waals surface area contributed by atoms with Crippen LogP contribution in [-0.4, -0.2) is 20.5 Å². The molecule has 0 N–H and O–H groups in total. The molecule has 0 fully saturated rings. The quantitative estimate of drug-likeness (QED) is 0.369. The molecular weight excluding hydrogens is 270 g/mol. The third kappa shape index (κ3) is 9.76. The Morgan fingerprint density at radius 1 is 1.29 bits per heavy atom. The Morgan fingerprint density at radius 3 is 2.12 bits per heavy atom. The van der Waals surface area contributed by atoms with Gasteiger partial charge in [0.05, 0.1) is 14.2 Å². The Labute approximate surface area is 116 Å². The molecule has 0 aromatic heterocycles. The van der Waals surface area contributed by atoms with Crippen molar-refractivity contribution >= 4 is 6.29 Å². The second-order valence-electron chi connectivity index (χ2n) is 2.67. The number of rotatable bonds is 4. The number of hydrogen-bond donors (Lipinski definition) is 0. The maximum atomic E-state index is 9.45.